The molecule has 4 heteroatoms. The molecule has 0 heterocycles. The van der Waals surface area contributed by atoms with Crippen LogP contribution in [0.1, 0.15) is 52.4 Å². The van der Waals surface area contributed by atoms with E-state index in [1.54, 1.807) is 0 Å². The van der Waals surface area contributed by atoms with Gasteiger partial charge in [0.1, 0.15) is 0 Å². The van der Waals surface area contributed by atoms with Crippen LogP contribution in [0.3, 0.4) is 0 Å². The summed E-state index contributed by atoms with van der Waals surface area (Å²) in [4.78, 5) is 9.60. The molecule has 0 fully saturated rings. The lowest BCUT2D eigenvalue weighted by Gasteiger charge is -2.01. The Morgan fingerprint density at radius 1 is 1.19 bits per heavy atom. The molecule has 0 aromatic heterocycles. The summed E-state index contributed by atoms with van der Waals surface area (Å²) in [6, 6.07) is 0. The van der Waals surface area contributed by atoms with Crippen LogP contribution in [-0.2, 0) is 4.79 Å². The van der Waals surface area contributed by atoms with Gasteiger partial charge in [0.05, 0.1) is 0 Å². The van der Waals surface area contributed by atoms with E-state index in [1.807, 2.05) is 0 Å². The van der Waals surface area contributed by atoms with Gasteiger partial charge in [-0.15, -0.1) is 0 Å². The highest BCUT2D eigenvalue weighted by molar-refractivity contribution is 5.84. The number of aliphatic hydroxyl groups excluding tert-OH is 1. The van der Waals surface area contributed by atoms with E-state index in [1.165, 1.54) is 26.2 Å². The van der Waals surface area contributed by atoms with Crippen LogP contribution >= 0.6 is 0 Å². The second kappa shape index (κ2) is 12.2. The number of rotatable bonds is 7. The third kappa shape index (κ3) is 18.8. The number of hydrogen-bond donors (Lipinski definition) is 3. The number of carbonyl (C=O) groups is 1. The van der Waals surface area contributed by atoms with Gasteiger partial charge in [-0.05, 0) is 19.8 Å². The van der Waals surface area contributed by atoms with Gasteiger partial charge in [0.15, 0.2) is 6.29 Å². The Morgan fingerprint density at radius 3 is 1.94 bits per heavy atom. The van der Waals surface area contributed by atoms with Crippen molar-refractivity contribution in [1.82, 2.24) is 0 Å². The predicted octanol–water partition coefficient (Wildman–Crippen LogP) is 2.30. The second-order valence-electron chi connectivity index (χ2n) is 3.77. The minimum atomic E-state index is -1.10. The number of hydrogen-bond acceptors (Lipinski definition) is 3. The summed E-state index contributed by atoms with van der Waals surface area (Å²) in [6.07, 6.45) is 5.24. The largest absolute Gasteiger partial charge is 0.478 e. The second-order valence-corrected chi connectivity index (χ2v) is 3.77. The van der Waals surface area contributed by atoms with Crippen molar-refractivity contribution in [3.05, 3.63) is 12.2 Å². The van der Waals surface area contributed by atoms with E-state index in [-0.39, 0.29) is 5.57 Å². The summed E-state index contributed by atoms with van der Waals surface area (Å²) in [6.45, 7) is 6.77. The number of aliphatic hydroxyl groups is 2. The zero-order valence-corrected chi connectivity index (χ0v) is 10.3. The molecule has 0 unspecified atom stereocenters. The van der Waals surface area contributed by atoms with Gasteiger partial charge in [0.2, 0.25) is 0 Å². The van der Waals surface area contributed by atoms with Gasteiger partial charge in [0, 0.05) is 5.57 Å². The van der Waals surface area contributed by atoms with Gasteiger partial charge < -0.3 is 15.3 Å². The third-order valence-corrected chi connectivity index (χ3v) is 1.93. The van der Waals surface area contributed by atoms with Crippen LogP contribution in [0.4, 0.5) is 0 Å². The van der Waals surface area contributed by atoms with Crippen LogP contribution in [-0.4, -0.2) is 27.6 Å². The Hall–Kier alpha value is -0.870. The fourth-order valence-electron chi connectivity index (χ4n) is 0.930. The molecule has 0 aromatic rings. The van der Waals surface area contributed by atoms with Crippen LogP contribution < -0.4 is 0 Å². The topological polar surface area (TPSA) is 77.8 Å². The Balaban J connectivity index is 0. The van der Waals surface area contributed by atoms with E-state index in [0.29, 0.717) is 6.42 Å². The summed E-state index contributed by atoms with van der Waals surface area (Å²) in [5.41, 5.74) is 0.176. The van der Waals surface area contributed by atoms with E-state index in [4.69, 9.17) is 15.3 Å². The lowest BCUT2D eigenvalue weighted by Crippen LogP contribution is -2.02. The first-order chi connectivity index (χ1) is 7.41. The quantitative estimate of drug-likeness (QED) is 0.357. The summed E-state index contributed by atoms with van der Waals surface area (Å²) in [5.74, 6) is -0.935. The van der Waals surface area contributed by atoms with E-state index < -0.39 is 12.3 Å². The molecule has 0 aliphatic rings. The van der Waals surface area contributed by atoms with Crippen LogP contribution in [0.25, 0.3) is 0 Å². The summed E-state index contributed by atoms with van der Waals surface area (Å²) in [7, 11) is 0. The number of unbranched alkanes of at least 4 members (excludes halogenated alkanes) is 4. The van der Waals surface area contributed by atoms with Crippen molar-refractivity contribution in [2.45, 2.75) is 58.7 Å². The van der Waals surface area contributed by atoms with Crippen molar-refractivity contribution in [1.29, 1.82) is 0 Å². The number of carboxylic acids is 1. The lowest BCUT2D eigenvalue weighted by molar-refractivity contribution is -0.132. The van der Waals surface area contributed by atoms with Crippen LogP contribution in [0, 0.1) is 0 Å². The molecule has 96 valence electrons. The highest BCUT2D eigenvalue weighted by Gasteiger charge is 1.95. The smallest absolute Gasteiger partial charge is 0.330 e. The van der Waals surface area contributed by atoms with E-state index in [0.717, 1.165) is 12.8 Å². The average molecular weight is 232 g/mol. The van der Waals surface area contributed by atoms with Crippen molar-refractivity contribution in [3.8, 4) is 0 Å². The molecule has 3 N–H and O–H groups in total. The van der Waals surface area contributed by atoms with Gasteiger partial charge in [-0.25, -0.2) is 4.79 Å². The number of aliphatic carboxylic acids is 1. The highest BCUT2D eigenvalue weighted by atomic mass is 16.5. The van der Waals surface area contributed by atoms with E-state index in [2.05, 4.69) is 13.5 Å². The third-order valence-electron chi connectivity index (χ3n) is 1.93. The monoisotopic (exact) mass is 232 g/mol. The Morgan fingerprint density at radius 2 is 1.62 bits per heavy atom. The summed E-state index contributed by atoms with van der Waals surface area (Å²) in [5, 5.41) is 24.8. The standard InChI is InChI=1S/C8H18O2.C4H6O2/c1-2-3-4-5-6-7-8(9)10;1-3(2)4(5)6/h8-10H,2-7H2,1H3;1H2,2H3,(H,5,6). The Labute approximate surface area is 97.6 Å². The lowest BCUT2D eigenvalue weighted by atomic mass is 10.1. The highest BCUT2D eigenvalue weighted by Crippen LogP contribution is 2.05. The molecule has 0 bridgehead atoms. The van der Waals surface area contributed by atoms with E-state index in [9.17, 15) is 4.79 Å². The normalized spacial score (nSPS) is 9.56. The van der Waals surface area contributed by atoms with Crippen molar-refractivity contribution >= 4 is 5.97 Å². The van der Waals surface area contributed by atoms with Crippen molar-refractivity contribution < 1.29 is 20.1 Å². The molecule has 0 atom stereocenters. The van der Waals surface area contributed by atoms with Crippen molar-refractivity contribution in [2.24, 2.45) is 0 Å². The predicted molar refractivity (Wildman–Crippen MR) is 64.1 cm³/mol. The van der Waals surface area contributed by atoms with Crippen molar-refractivity contribution in [2.75, 3.05) is 0 Å². The maximum absolute atomic E-state index is 9.60. The van der Waals surface area contributed by atoms with Crippen LogP contribution in [0.5, 0.6) is 0 Å². The molecular formula is C12H24O4. The average Bonchev–Trinajstić information content (AvgIpc) is 2.18. The van der Waals surface area contributed by atoms with Gasteiger partial charge in [-0.1, -0.05) is 39.2 Å². The van der Waals surface area contributed by atoms with Gasteiger partial charge in [-0.3, -0.25) is 0 Å². The summed E-state index contributed by atoms with van der Waals surface area (Å²) < 4.78 is 0. The van der Waals surface area contributed by atoms with E-state index >= 15 is 0 Å². The number of carboxylic acid groups (broad SMARTS) is 1. The first-order valence-corrected chi connectivity index (χ1v) is 5.66. The van der Waals surface area contributed by atoms with Gasteiger partial charge in [0.25, 0.3) is 0 Å². The first kappa shape index (κ1) is 17.5. The molecule has 0 spiro atoms. The zero-order valence-electron chi connectivity index (χ0n) is 10.3. The molecule has 0 saturated carbocycles. The fourth-order valence-corrected chi connectivity index (χ4v) is 0.930. The molecule has 0 amide bonds. The Bertz CT molecular complexity index is 175. The Kier molecular flexibility index (Phi) is 13.4. The van der Waals surface area contributed by atoms with Crippen molar-refractivity contribution in [3.63, 3.8) is 0 Å². The van der Waals surface area contributed by atoms with Gasteiger partial charge >= 0.3 is 5.97 Å². The first-order valence-electron chi connectivity index (χ1n) is 5.66. The fraction of sp³-hybridized carbons (Fsp3) is 0.750. The molecule has 0 aliphatic heterocycles. The maximum Gasteiger partial charge on any atom is 0.330 e. The molecule has 0 rings (SSSR count). The van der Waals surface area contributed by atoms with Gasteiger partial charge in [-0.2, -0.15) is 0 Å². The molecule has 0 aliphatic carbocycles. The minimum Gasteiger partial charge on any atom is -0.478 e. The SMILES string of the molecule is C=C(C)C(=O)O.CCCCCCCC(O)O. The molecule has 0 radical (unpaired) electrons. The van der Waals surface area contributed by atoms with Crippen LogP contribution in [0.15, 0.2) is 12.2 Å². The minimum absolute atomic E-state index is 0.176. The molecular weight excluding hydrogens is 208 g/mol. The molecule has 4 nitrogen and oxygen atoms in total. The summed E-state index contributed by atoms with van der Waals surface area (Å²) >= 11 is 0. The maximum atomic E-state index is 9.60. The molecule has 0 saturated heterocycles. The zero-order chi connectivity index (χ0) is 13.0. The molecule has 0 aromatic carbocycles. The molecule has 16 heavy (non-hydrogen) atoms. The van der Waals surface area contributed by atoms with Crippen LogP contribution in [0.2, 0.25) is 0 Å².